The fraction of sp³-hybridized carbons (Fsp3) is 0.891. The maximum Gasteiger partial charge on any atom is 0.305 e. The highest BCUT2D eigenvalue weighted by Crippen LogP contribution is 2.39. The van der Waals surface area contributed by atoms with E-state index in [1.807, 2.05) is 19.0 Å². The van der Waals surface area contributed by atoms with Crippen LogP contribution in [0.1, 0.15) is 213 Å². The zero-order chi connectivity index (χ0) is 38.8. The quantitative estimate of drug-likeness (QED) is 0.0389. The van der Waals surface area contributed by atoms with E-state index >= 15 is 0 Å². The molecule has 1 N–H and O–H groups in total. The molecule has 1 aliphatic rings. The molecule has 310 valence electrons. The summed E-state index contributed by atoms with van der Waals surface area (Å²) in [4.78, 5) is 44.2. The standard InChI is InChI=1S/C46H87N3O4/c1-6-9-12-15-18-20-23-26-33-42(32-25-22-17-14-11-8-3)41-53-44(51)35-28-27-34-43(50)49(40-31-39-48(4)5)46(36-30-37-46)45(52)47-38-29-24-21-19-16-13-10-7-2/h19,21,42H,6-18,20,22-41H2,1-5H3,(H,47,52)/b21-19-. The highest BCUT2D eigenvalue weighted by molar-refractivity contribution is 5.92. The van der Waals surface area contributed by atoms with Crippen molar-refractivity contribution in [1.82, 2.24) is 15.1 Å². The van der Waals surface area contributed by atoms with E-state index in [9.17, 15) is 14.4 Å². The van der Waals surface area contributed by atoms with Gasteiger partial charge in [0.25, 0.3) is 0 Å². The van der Waals surface area contributed by atoms with Crippen molar-refractivity contribution in [3.63, 3.8) is 0 Å². The minimum Gasteiger partial charge on any atom is -0.465 e. The molecule has 0 heterocycles. The molecule has 1 rings (SSSR count). The van der Waals surface area contributed by atoms with Crippen LogP contribution < -0.4 is 5.32 Å². The van der Waals surface area contributed by atoms with Crippen LogP contribution in [0.15, 0.2) is 12.2 Å². The van der Waals surface area contributed by atoms with Crippen molar-refractivity contribution in [3.8, 4) is 0 Å². The maximum absolute atomic E-state index is 13.7. The van der Waals surface area contributed by atoms with Gasteiger partial charge in [-0.25, -0.2) is 0 Å². The monoisotopic (exact) mass is 746 g/mol. The third kappa shape index (κ3) is 24.3. The third-order valence-electron chi connectivity index (χ3n) is 11.3. The van der Waals surface area contributed by atoms with Crippen LogP contribution in [-0.4, -0.2) is 73.5 Å². The first-order valence-electron chi connectivity index (χ1n) is 22.8. The molecule has 7 heteroatoms. The predicted molar refractivity (Wildman–Crippen MR) is 225 cm³/mol. The molecular formula is C46H87N3O4. The molecule has 0 spiro atoms. The number of amides is 2. The van der Waals surface area contributed by atoms with Gasteiger partial charge in [0.15, 0.2) is 0 Å². The van der Waals surface area contributed by atoms with E-state index in [4.69, 9.17) is 4.74 Å². The first-order valence-corrected chi connectivity index (χ1v) is 22.8. The molecule has 1 unspecified atom stereocenters. The second-order valence-corrected chi connectivity index (χ2v) is 16.5. The number of nitrogens with one attached hydrogen (secondary N) is 1. The van der Waals surface area contributed by atoms with Crippen molar-refractivity contribution in [2.75, 3.05) is 40.3 Å². The Balaban J connectivity index is 2.57. The Morgan fingerprint density at radius 1 is 0.642 bits per heavy atom. The molecule has 1 atom stereocenters. The van der Waals surface area contributed by atoms with E-state index in [0.29, 0.717) is 51.3 Å². The van der Waals surface area contributed by atoms with E-state index in [-0.39, 0.29) is 17.8 Å². The lowest BCUT2D eigenvalue weighted by atomic mass is 9.74. The summed E-state index contributed by atoms with van der Waals surface area (Å²) in [5.74, 6) is 0.389. The Labute approximate surface area is 328 Å². The second kappa shape index (κ2) is 33.4. The van der Waals surface area contributed by atoms with E-state index in [2.05, 4.69) is 43.1 Å². The number of esters is 1. The van der Waals surface area contributed by atoms with Crippen molar-refractivity contribution in [3.05, 3.63) is 12.2 Å². The lowest BCUT2D eigenvalue weighted by Crippen LogP contribution is -2.64. The Morgan fingerprint density at radius 3 is 1.72 bits per heavy atom. The topological polar surface area (TPSA) is 79.0 Å². The van der Waals surface area contributed by atoms with Gasteiger partial charge in [-0.3, -0.25) is 14.4 Å². The van der Waals surface area contributed by atoms with E-state index in [1.165, 1.54) is 109 Å². The summed E-state index contributed by atoms with van der Waals surface area (Å²) in [6.45, 7) is 9.39. The first-order chi connectivity index (χ1) is 25.8. The van der Waals surface area contributed by atoms with Crippen molar-refractivity contribution in [2.45, 2.75) is 219 Å². The molecule has 0 aromatic carbocycles. The average molecular weight is 746 g/mol. The van der Waals surface area contributed by atoms with Gasteiger partial charge in [0.05, 0.1) is 6.61 Å². The molecule has 0 bridgehead atoms. The molecule has 1 saturated carbocycles. The summed E-state index contributed by atoms with van der Waals surface area (Å²) in [5.41, 5.74) is -0.724. The number of ether oxygens (including phenoxy) is 1. The van der Waals surface area contributed by atoms with Gasteiger partial charge in [-0.05, 0) is 104 Å². The van der Waals surface area contributed by atoms with Crippen LogP contribution >= 0.6 is 0 Å². The van der Waals surface area contributed by atoms with Crippen LogP contribution in [0.3, 0.4) is 0 Å². The number of rotatable bonds is 37. The normalized spacial score (nSPS) is 14.4. The molecule has 53 heavy (non-hydrogen) atoms. The largest absolute Gasteiger partial charge is 0.465 e. The number of carbonyl (C=O) groups excluding carboxylic acids is 3. The van der Waals surface area contributed by atoms with E-state index in [1.54, 1.807) is 0 Å². The molecule has 0 aliphatic heterocycles. The van der Waals surface area contributed by atoms with Gasteiger partial charge in [0.2, 0.25) is 11.8 Å². The summed E-state index contributed by atoms with van der Waals surface area (Å²) in [5, 5.41) is 3.19. The van der Waals surface area contributed by atoms with Gasteiger partial charge in [-0.2, -0.15) is 0 Å². The number of unbranched alkanes of at least 4 members (excludes halogenated alkanes) is 17. The third-order valence-corrected chi connectivity index (χ3v) is 11.3. The lowest BCUT2D eigenvalue weighted by Gasteiger charge is -2.49. The molecule has 0 radical (unpaired) electrons. The zero-order valence-electron chi connectivity index (χ0n) is 35.8. The summed E-state index contributed by atoms with van der Waals surface area (Å²) in [7, 11) is 4.09. The van der Waals surface area contributed by atoms with Gasteiger partial charge in [0.1, 0.15) is 5.54 Å². The Kier molecular flexibility index (Phi) is 31.0. The number of hydrogen-bond acceptors (Lipinski definition) is 5. The molecule has 1 aliphatic carbocycles. The van der Waals surface area contributed by atoms with E-state index in [0.717, 1.165) is 64.3 Å². The highest BCUT2D eigenvalue weighted by Gasteiger charge is 2.50. The SMILES string of the molecule is CCCCC/C=C\CCCNC(=O)C1(N(CCCN(C)C)C(=O)CCCCC(=O)OCC(CCCCCCCC)CCCCCCCCCC)CCC1. The molecular weight excluding hydrogens is 659 g/mol. The predicted octanol–water partition coefficient (Wildman–Crippen LogP) is 11.7. The van der Waals surface area contributed by atoms with Gasteiger partial charge >= 0.3 is 5.97 Å². The van der Waals surface area contributed by atoms with Crippen LogP contribution in [0.25, 0.3) is 0 Å². The van der Waals surface area contributed by atoms with Crippen molar-refractivity contribution < 1.29 is 19.1 Å². The van der Waals surface area contributed by atoms with Crippen LogP contribution in [0, 0.1) is 5.92 Å². The Hall–Kier alpha value is -1.89. The second-order valence-electron chi connectivity index (χ2n) is 16.5. The molecule has 2 amide bonds. The van der Waals surface area contributed by atoms with Gasteiger partial charge < -0.3 is 19.9 Å². The molecule has 7 nitrogen and oxygen atoms in total. The Bertz CT molecular complexity index is 932. The van der Waals surface area contributed by atoms with Gasteiger partial charge in [-0.15, -0.1) is 0 Å². The van der Waals surface area contributed by atoms with Crippen molar-refractivity contribution >= 4 is 17.8 Å². The molecule has 0 aromatic rings. The minimum atomic E-state index is -0.724. The minimum absolute atomic E-state index is 0.0138. The molecule has 0 saturated heterocycles. The van der Waals surface area contributed by atoms with Gasteiger partial charge in [-0.1, -0.05) is 136 Å². The number of nitrogens with zero attached hydrogens (tertiary/aromatic N) is 2. The number of hydrogen-bond donors (Lipinski definition) is 1. The zero-order valence-corrected chi connectivity index (χ0v) is 35.8. The van der Waals surface area contributed by atoms with Crippen LogP contribution in [0.4, 0.5) is 0 Å². The Morgan fingerprint density at radius 2 is 1.17 bits per heavy atom. The van der Waals surface area contributed by atoms with Crippen molar-refractivity contribution in [2.24, 2.45) is 5.92 Å². The van der Waals surface area contributed by atoms with Gasteiger partial charge in [0, 0.05) is 25.9 Å². The summed E-state index contributed by atoms with van der Waals surface area (Å²) >= 11 is 0. The summed E-state index contributed by atoms with van der Waals surface area (Å²) in [6.07, 6.45) is 37.2. The number of carbonyl (C=O) groups is 3. The molecule has 0 aromatic heterocycles. The fourth-order valence-electron chi connectivity index (χ4n) is 7.64. The highest BCUT2D eigenvalue weighted by atomic mass is 16.5. The van der Waals surface area contributed by atoms with Crippen LogP contribution in [0.5, 0.6) is 0 Å². The summed E-state index contributed by atoms with van der Waals surface area (Å²) in [6, 6.07) is 0. The van der Waals surface area contributed by atoms with Crippen LogP contribution in [0.2, 0.25) is 0 Å². The van der Waals surface area contributed by atoms with Crippen molar-refractivity contribution in [1.29, 1.82) is 0 Å². The lowest BCUT2D eigenvalue weighted by molar-refractivity contribution is -0.154. The molecule has 1 fully saturated rings. The fourth-order valence-corrected chi connectivity index (χ4v) is 7.64. The maximum atomic E-state index is 13.7. The number of allylic oxidation sites excluding steroid dienone is 2. The summed E-state index contributed by atoms with van der Waals surface area (Å²) < 4.78 is 5.85. The van der Waals surface area contributed by atoms with E-state index < -0.39 is 5.54 Å². The first kappa shape index (κ1) is 49.1. The average Bonchev–Trinajstić information content (AvgIpc) is 3.12. The van der Waals surface area contributed by atoms with Crippen LogP contribution in [-0.2, 0) is 19.1 Å². The smallest absolute Gasteiger partial charge is 0.305 e.